The van der Waals surface area contributed by atoms with Crippen LogP contribution in [0.25, 0.3) is 16.8 Å². The van der Waals surface area contributed by atoms with Gasteiger partial charge in [0.2, 0.25) is 11.7 Å². The Morgan fingerprint density at radius 1 is 1.19 bits per heavy atom. The maximum Gasteiger partial charge on any atom is 0.269 e. The number of rotatable bonds is 5. The molecule has 2 aromatic carbocycles. The van der Waals surface area contributed by atoms with Gasteiger partial charge in [-0.3, -0.25) is 19.5 Å². The zero-order valence-electron chi connectivity index (χ0n) is 16.6. The number of hydrogen-bond donors (Lipinski definition) is 1. The number of fused-ring (bicyclic) bond motifs is 3. The number of nitro benzene ring substituents is 1. The predicted molar refractivity (Wildman–Crippen MR) is 113 cm³/mol. The van der Waals surface area contributed by atoms with Crippen molar-refractivity contribution >= 4 is 22.5 Å². The molecule has 3 heterocycles. The van der Waals surface area contributed by atoms with E-state index in [-0.39, 0.29) is 35.2 Å². The predicted octanol–water partition coefficient (Wildman–Crippen LogP) is 3.03. The van der Waals surface area contributed by atoms with E-state index in [1.54, 1.807) is 16.7 Å². The van der Waals surface area contributed by atoms with E-state index in [9.17, 15) is 20.0 Å². The fraction of sp³-hybridized carbons (Fsp3) is 0.273. The van der Waals surface area contributed by atoms with Gasteiger partial charge in [-0.05, 0) is 30.5 Å². The van der Waals surface area contributed by atoms with Gasteiger partial charge in [-0.1, -0.05) is 24.3 Å². The first kappa shape index (κ1) is 19.3. The highest BCUT2D eigenvalue weighted by atomic mass is 16.6. The number of non-ortho nitro benzene ring substituents is 1. The van der Waals surface area contributed by atoms with Gasteiger partial charge in [-0.25, -0.2) is 9.38 Å². The van der Waals surface area contributed by atoms with E-state index in [1.807, 2.05) is 24.3 Å². The van der Waals surface area contributed by atoms with E-state index >= 15 is 0 Å². The third kappa shape index (κ3) is 3.32. The van der Waals surface area contributed by atoms with Crippen LogP contribution in [0.15, 0.2) is 53.3 Å². The number of nitrogens with zero attached hydrogens (tertiary/aromatic N) is 4. The summed E-state index contributed by atoms with van der Waals surface area (Å²) in [6.07, 6.45) is 1.89. The minimum absolute atomic E-state index is 0.0279. The molecule has 0 saturated carbocycles. The largest absolute Gasteiger partial charge is 0.494 e. The van der Waals surface area contributed by atoms with Crippen LogP contribution in [-0.2, 0) is 17.7 Å². The maximum absolute atomic E-state index is 13.4. The highest BCUT2D eigenvalue weighted by Crippen LogP contribution is 2.26. The number of aromatic nitrogens is 3. The molecule has 0 aliphatic carbocycles. The van der Waals surface area contributed by atoms with Crippen molar-refractivity contribution in [2.75, 3.05) is 6.61 Å². The zero-order chi connectivity index (χ0) is 21.5. The second kappa shape index (κ2) is 7.51. The molecule has 0 radical (unpaired) electrons. The SMILES string of the molecule is O=c1c(Cc2ccc([N+](=O)[O-])cc2)c(O)n(CC2CCCO2)c2nc3ccccc3n12. The summed E-state index contributed by atoms with van der Waals surface area (Å²) in [7, 11) is 0. The van der Waals surface area contributed by atoms with E-state index in [0.29, 0.717) is 35.5 Å². The summed E-state index contributed by atoms with van der Waals surface area (Å²) in [4.78, 5) is 28.4. The standard InChI is InChI=1S/C22H20N4O5/c27-20-17(12-14-7-9-15(10-8-14)26(29)30)21(28)25-19-6-2-1-5-18(19)23-22(25)24(20)13-16-4-3-11-31-16/h1-2,5-10,16,27H,3-4,11-13H2. The molecule has 9 nitrogen and oxygen atoms in total. The fourth-order valence-corrected chi connectivity index (χ4v) is 4.14. The summed E-state index contributed by atoms with van der Waals surface area (Å²) in [5.74, 6) is 0.216. The Hall–Kier alpha value is -3.72. The van der Waals surface area contributed by atoms with Gasteiger partial charge >= 0.3 is 0 Å². The average molecular weight is 420 g/mol. The molecule has 0 spiro atoms. The quantitative estimate of drug-likeness (QED) is 0.392. The van der Waals surface area contributed by atoms with Crippen LogP contribution in [0.2, 0.25) is 0 Å². The minimum Gasteiger partial charge on any atom is -0.494 e. The van der Waals surface area contributed by atoms with Crippen molar-refractivity contribution in [3.05, 3.63) is 80.1 Å². The Bertz CT molecular complexity index is 1350. The lowest BCUT2D eigenvalue weighted by atomic mass is 10.1. The van der Waals surface area contributed by atoms with Crippen LogP contribution < -0.4 is 5.56 Å². The summed E-state index contributed by atoms with van der Waals surface area (Å²) < 4.78 is 8.90. The topological polar surface area (TPSA) is 112 Å². The Kier molecular flexibility index (Phi) is 4.67. The Balaban J connectivity index is 1.68. The number of benzene rings is 2. The molecule has 0 bridgehead atoms. The van der Waals surface area contributed by atoms with Crippen molar-refractivity contribution in [1.29, 1.82) is 0 Å². The molecule has 2 aromatic heterocycles. The average Bonchev–Trinajstić information content (AvgIpc) is 3.42. The van der Waals surface area contributed by atoms with Crippen molar-refractivity contribution in [3.63, 3.8) is 0 Å². The maximum atomic E-state index is 13.4. The number of para-hydroxylation sites is 2. The summed E-state index contributed by atoms with van der Waals surface area (Å²) >= 11 is 0. The zero-order valence-corrected chi connectivity index (χ0v) is 16.6. The van der Waals surface area contributed by atoms with Gasteiger partial charge in [0, 0.05) is 25.2 Å². The molecule has 1 aliphatic rings. The molecule has 31 heavy (non-hydrogen) atoms. The first-order valence-corrected chi connectivity index (χ1v) is 10.1. The third-order valence-electron chi connectivity index (χ3n) is 5.71. The lowest BCUT2D eigenvalue weighted by Gasteiger charge is -2.17. The third-order valence-corrected chi connectivity index (χ3v) is 5.71. The molecule has 5 rings (SSSR count). The first-order chi connectivity index (χ1) is 15.0. The van der Waals surface area contributed by atoms with E-state index < -0.39 is 4.92 Å². The highest BCUT2D eigenvalue weighted by molar-refractivity contribution is 5.79. The first-order valence-electron chi connectivity index (χ1n) is 10.1. The summed E-state index contributed by atoms with van der Waals surface area (Å²) in [6, 6.07) is 13.3. The number of nitro groups is 1. The van der Waals surface area contributed by atoms with Gasteiger partial charge in [0.25, 0.3) is 11.2 Å². The van der Waals surface area contributed by atoms with Crippen molar-refractivity contribution in [1.82, 2.24) is 14.0 Å². The molecule has 1 unspecified atom stereocenters. The molecule has 1 fully saturated rings. The van der Waals surface area contributed by atoms with Gasteiger partial charge in [0.15, 0.2) is 0 Å². The monoisotopic (exact) mass is 420 g/mol. The van der Waals surface area contributed by atoms with Gasteiger partial charge in [0.1, 0.15) is 0 Å². The fourth-order valence-electron chi connectivity index (χ4n) is 4.14. The number of imidazole rings is 1. The van der Waals surface area contributed by atoms with E-state index in [4.69, 9.17) is 4.74 Å². The van der Waals surface area contributed by atoms with Gasteiger partial charge in [0.05, 0.1) is 34.2 Å². The molecule has 4 aromatic rings. The summed E-state index contributed by atoms with van der Waals surface area (Å²) in [5.41, 5.74) is 1.83. The van der Waals surface area contributed by atoms with Gasteiger partial charge in [-0.2, -0.15) is 0 Å². The van der Waals surface area contributed by atoms with Crippen LogP contribution in [0.4, 0.5) is 5.69 Å². The van der Waals surface area contributed by atoms with Crippen molar-refractivity contribution in [3.8, 4) is 5.88 Å². The van der Waals surface area contributed by atoms with Crippen LogP contribution in [-0.4, -0.2) is 36.7 Å². The van der Waals surface area contributed by atoms with E-state index in [2.05, 4.69) is 4.98 Å². The molecule has 0 amide bonds. The van der Waals surface area contributed by atoms with Crippen LogP contribution in [0, 0.1) is 10.1 Å². The lowest BCUT2D eigenvalue weighted by molar-refractivity contribution is -0.384. The molecular weight excluding hydrogens is 400 g/mol. The molecule has 1 aliphatic heterocycles. The van der Waals surface area contributed by atoms with Crippen LogP contribution in [0.3, 0.4) is 0 Å². The van der Waals surface area contributed by atoms with Crippen LogP contribution in [0.1, 0.15) is 24.0 Å². The van der Waals surface area contributed by atoms with Crippen molar-refractivity contribution in [2.24, 2.45) is 0 Å². The van der Waals surface area contributed by atoms with Crippen LogP contribution in [0.5, 0.6) is 5.88 Å². The molecule has 158 valence electrons. The molecular formula is C22H20N4O5. The Morgan fingerprint density at radius 2 is 1.97 bits per heavy atom. The number of aromatic hydroxyl groups is 1. The second-order valence-corrected chi connectivity index (χ2v) is 7.69. The van der Waals surface area contributed by atoms with E-state index in [0.717, 1.165) is 12.8 Å². The van der Waals surface area contributed by atoms with Crippen molar-refractivity contribution in [2.45, 2.75) is 31.9 Å². The normalized spacial score (nSPS) is 16.3. The Morgan fingerprint density at radius 3 is 2.68 bits per heavy atom. The molecule has 1 saturated heterocycles. The second-order valence-electron chi connectivity index (χ2n) is 7.69. The molecule has 1 N–H and O–H groups in total. The van der Waals surface area contributed by atoms with Crippen LogP contribution >= 0.6 is 0 Å². The number of ether oxygens (including phenoxy) is 1. The number of hydrogen-bond acceptors (Lipinski definition) is 6. The lowest BCUT2D eigenvalue weighted by Crippen LogP contribution is -2.26. The minimum atomic E-state index is -0.473. The summed E-state index contributed by atoms with van der Waals surface area (Å²) in [5, 5.41) is 22.0. The Labute approximate surface area is 176 Å². The highest BCUT2D eigenvalue weighted by Gasteiger charge is 2.24. The van der Waals surface area contributed by atoms with Gasteiger partial charge in [-0.15, -0.1) is 0 Å². The molecule has 9 heteroatoms. The van der Waals surface area contributed by atoms with E-state index in [1.165, 1.54) is 16.5 Å². The van der Waals surface area contributed by atoms with Crippen molar-refractivity contribution < 1.29 is 14.8 Å². The molecule has 1 atom stereocenters. The smallest absolute Gasteiger partial charge is 0.269 e. The van der Waals surface area contributed by atoms with Gasteiger partial charge < -0.3 is 9.84 Å². The summed E-state index contributed by atoms with van der Waals surface area (Å²) in [6.45, 7) is 1.06.